The summed E-state index contributed by atoms with van der Waals surface area (Å²) in [6.07, 6.45) is 6.18. The van der Waals surface area contributed by atoms with Gasteiger partial charge in [-0.15, -0.1) is 0 Å². The van der Waals surface area contributed by atoms with E-state index in [1.165, 1.54) is 0 Å². The van der Waals surface area contributed by atoms with Crippen LogP contribution in [0.3, 0.4) is 0 Å². The molecule has 0 bridgehead atoms. The zero-order valence-corrected chi connectivity index (χ0v) is 15.2. The predicted octanol–water partition coefficient (Wildman–Crippen LogP) is 3.86. The van der Waals surface area contributed by atoms with E-state index in [1.807, 2.05) is 61.9 Å². The van der Waals surface area contributed by atoms with Gasteiger partial charge in [0, 0.05) is 49.7 Å². The van der Waals surface area contributed by atoms with Crippen molar-refractivity contribution in [1.82, 2.24) is 15.0 Å². The summed E-state index contributed by atoms with van der Waals surface area (Å²) in [6, 6.07) is 9.72. The highest BCUT2D eigenvalue weighted by atomic mass is 35.5. The van der Waals surface area contributed by atoms with Gasteiger partial charge in [-0.25, -0.2) is 15.0 Å². The van der Waals surface area contributed by atoms with E-state index in [2.05, 4.69) is 21.0 Å². The van der Waals surface area contributed by atoms with Gasteiger partial charge in [-0.05, 0) is 34.9 Å². The standard InChI is InChI=1S/C19H19ClN4O/c1-24(2)19-22-11-14(12-23-19)7-13-8-17(18(25-3)21-10-13)15-5-4-6-16(20)9-15/h4-6,8-12H,7H2,1-3H3. The van der Waals surface area contributed by atoms with Gasteiger partial charge < -0.3 is 9.64 Å². The van der Waals surface area contributed by atoms with E-state index >= 15 is 0 Å². The first kappa shape index (κ1) is 17.2. The number of pyridine rings is 1. The lowest BCUT2D eigenvalue weighted by Crippen LogP contribution is -2.12. The minimum Gasteiger partial charge on any atom is -0.481 e. The Labute approximate surface area is 152 Å². The molecular weight excluding hydrogens is 336 g/mol. The number of anilines is 1. The summed E-state index contributed by atoms with van der Waals surface area (Å²) in [5.41, 5.74) is 3.96. The molecule has 3 rings (SSSR count). The average molecular weight is 355 g/mol. The third kappa shape index (κ3) is 4.06. The van der Waals surface area contributed by atoms with Crippen LogP contribution >= 0.6 is 11.6 Å². The van der Waals surface area contributed by atoms with Crippen LogP contribution in [0.1, 0.15) is 11.1 Å². The van der Waals surface area contributed by atoms with Crippen molar-refractivity contribution in [3.05, 3.63) is 65.1 Å². The molecule has 2 heterocycles. The molecule has 0 amide bonds. The third-order valence-electron chi connectivity index (χ3n) is 3.74. The smallest absolute Gasteiger partial charge is 0.224 e. The van der Waals surface area contributed by atoms with Crippen LogP contribution in [0.5, 0.6) is 5.88 Å². The zero-order valence-electron chi connectivity index (χ0n) is 14.4. The zero-order chi connectivity index (χ0) is 17.8. The van der Waals surface area contributed by atoms with E-state index < -0.39 is 0 Å². The van der Waals surface area contributed by atoms with Crippen LogP contribution in [0.4, 0.5) is 5.95 Å². The van der Waals surface area contributed by atoms with Crippen LogP contribution in [0, 0.1) is 0 Å². The fraction of sp³-hybridized carbons (Fsp3) is 0.211. The van der Waals surface area contributed by atoms with E-state index in [9.17, 15) is 0 Å². The summed E-state index contributed by atoms with van der Waals surface area (Å²) < 4.78 is 5.40. The lowest BCUT2D eigenvalue weighted by atomic mass is 10.0. The Bertz CT molecular complexity index is 866. The molecule has 0 aliphatic carbocycles. The normalized spacial score (nSPS) is 10.6. The van der Waals surface area contributed by atoms with Gasteiger partial charge in [-0.2, -0.15) is 0 Å². The minimum absolute atomic E-state index is 0.574. The van der Waals surface area contributed by atoms with Crippen LogP contribution < -0.4 is 9.64 Å². The van der Waals surface area contributed by atoms with Crippen LogP contribution in [0.2, 0.25) is 5.02 Å². The topological polar surface area (TPSA) is 51.1 Å². The van der Waals surface area contributed by atoms with E-state index in [-0.39, 0.29) is 0 Å². The predicted molar refractivity (Wildman–Crippen MR) is 100 cm³/mol. The molecule has 1 aromatic carbocycles. The maximum atomic E-state index is 6.12. The fourth-order valence-electron chi connectivity index (χ4n) is 2.52. The lowest BCUT2D eigenvalue weighted by molar-refractivity contribution is 0.399. The van der Waals surface area contributed by atoms with Crippen molar-refractivity contribution in [1.29, 1.82) is 0 Å². The molecule has 0 unspecified atom stereocenters. The molecule has 0 aliphatic rings. The van der Waals surface area contributed by atoms with Gasteiger partial charge in [0.15, 0.2) is 0 Å². The second-order valence-electron chi connectivity index (χ2n) is 5.87. The highest BCUT2D eigenvalue weighted by Crippen LogP contribution is 2.31. The Morgan fingerprint density at radius 3 is 2.36 bits per heavy atom. The molecule has 0 radical (unpaired) electrons. The molecule has 0 saturated heterocycles. The van der Waals surface area contributed by atoms with Crippen LogP contribution in [-0.4, -0.2) is 36.2 Å². The number of ether oxygens (including phenoxy) is 1. The Hall–Kier alpha value is -2.66. The highest BCUT2D eigenvalue weighted by molar-refractivity contribution is 6.30. The number of hydrogen-bond donors (Lipinski definition) is 0. The Morgan fingerprint density at radius 1 is 1.00 bits per heavy atom. The maximum absolute atomic E-state index is 6.12. The number of hydrogen-bond acceptors (Lipinski definition) is 5. The molecule has 0 N–H and O–H groups in total. The van der Waals surface area contributed by atoms with Gasteiger partial charge in [0.25, 0.3) is 0 Å². The SMILES string of the molecule is COc1ncc(Cc2cnc(N(C)C)nc2)cc1-c1cccc(Cl)c1. The molecule has 0 atom stereocenters. The van der Waals surface area contributed by atoms with E-state index in [0.717, 1.165) is 22.3 Å². The van der Waals surface area contributed by atoms with E-state index in [4.69, 9.17) is 16.3 Å². The first-order chi connectivity index (χ1) is 12.1. The van der Waals surface area contributed by atoms with Crippen molar-refractivity contribution in [3.8, 4) is 17.0 Å². The van der Waals surface area contributed by atoms with Crippen LogP contribution in [0.25, 0.3) is 11.1 Å². The first-order valence-electron chi connectivity index (χ1n) is 7.84. The van der Waals surface area contributed by atoms with Crippen molar-refractivity contribution in [2.45, 2.75) is 6.42 Å². The molecule has 0 saturated carbocycles. The quantitative estimate of drug-likeness (QED) is 0.696. The van der Waals surface area contributed by atoms with Crippen molar-refractivity contribution >= 4 is 17.5 Å². The highest BCUT2D eigenvalue weighted by Gasteiger charge is 2.10. The van der Waals surface area contributed by atoms with Gasteiger partial charge in [-0.3, -0.25) is 0 Å². The minimum atomic E-state index is 0.574. The molecule has 3 aromatic rings. The first-order valence-corrected chi connectivity index (χ1v) is 8.21. The Morgan fingerprint density at radius 2 is 1.72 bits per heavy atom. The summed E-state index contributed by atoms with van der Waals surface area (Å²) in [5.74, 6) is 1.27. The van der Waals surface area contributed by atoms with Crippen molar-refractivity contribution in [2.75, 3.05) is 26.1 Å². The van der Waals surface area contributed by atoms with E-state index in [0.29, 0.717) is 23.3 Å². The molecule has 6 heteroatoms. The molecule has 25 heavy (non-hydrogen) atoms. The van der Waals surface area contributed by atoms with Gasteiger partial charge in [0.2, 0.25) is 11.8 Å². The second-order valence-corrected chi connectivity index (χ2v) is 6.31. The second kappa shape index (κ2) is 7.49. The summed E-state index contributed by atoms with van der Waals surface area (Å²) >= 11 is 6.12. The van der Waals surface area contributed by atoms with Gasteiger partial charge >= 0.3 is 0 Å². The van der Waals surface area contributed by atoms with Crippen molar-refractivity contribution < 1.29 is 4.74 Å². The Kier molecular flexibility index (Phi) is 5.14. The van der Waals surface area contributed by atoms with Gasteiger partial charge in [0.05, 0.1) is 7.11 Å². The number of nitrogens with zero attached hydrogens (tertiary/aromatic N) is 4. The molecule has 0 aliphatic heterocycles. The number of halogens is 1. The molecule has 2 aromatic heterocycles. The molecule has 0 spiro atoms. The van der Waals surface area contributed by atoms with Crippen molar-refractivity contribution in [3.63, 3.8) is 0 Å². The van der Waals surface area contributed by atoms with Gasteiger partial charge in [0.1, 0.15) is 0 Å². The maximum Gasteiger partial charge on any atom is 0.224 e. The average Bonchev–Trinajstić information content (AvgIpc) is 2.62. The lowest BCUT2D eigenvalue weighted by Gasteiger charge is -2.11. The number of aromatic nitrogens is 3. The monoisotopic (exact) mass is 354 g/mol. The summed E-state index contributed by atoms with van der Waals surface area (Å²) in [6.45, 7) is 0. The number of benzene rings is 1. The molecule has 5 nitrogen and oxygen atoms in total. The summed E-state index contributed by atoms with van der Waals surface area (Å²) in [4.78, 5) is 15.0. The van der Waals surface area contributed by atoms with E-state index in [1.54, 1.807) is 7.11 Å². The van der Waals surface area contributed by atoms with Crippen molar-refractivity contribution in [2.24, 2.45) is 0 Å². The van der Waals surface area contributed by atoms with Crippen LogP contribution in [0.15, 0.2) is 48.9 Å². The largest absolute Gasteiger partial charge is 0.481 e. The van der Waals surface area contributed by atoms with Crippen LogP contribution in [-0.2, 0) is 6.42 Å². The molecule has 128 valence electrons. The summed E-state index contributed by atoms with van der Waals surface area (Å²) in [7, 11) is 5.45. The summed E-state index contributed by atoms with van der Waals surface area (Å²) in [5, 5.41) is 0.678. The number of rotatable bonds is 5. The van der Waals surface area contributed by atoms with Gasteiger partial charge in [-0.1, -0.05) is 23.7 Å². The molecule has 0 fully saturated rings. The number of methoxy groups -OCH3 is 1. The fourth-order valence-corrected chi connectivity index (χ4v) is 2.71. The molecular formula is C19H19ClN4O. The Balaban J connectivity index is 1.91. The third-order valence-corrected chi connectivity index (χ3v) is 3.97.